The molecule has 0 unspecified atom stereocenters. The lowest BCUT2D eigenvalue weighted by Crippen LogP contribution is -1.96. The monoisotopic (exact) mass is 300 g/mol. The molecule has 2 rings (SSSR count). The first kappa shape index (κ1) is 11.6. The molecule has 3 nitrogen and oxygen atoms in total. The van der Waals surface area contributed by atoms with Crippen molar-refractivity contribution in [3.05, 3.63) is 45.1 Å². The number of aryl methyl sites for hydroxylation is 1. The van der Waals surface area contributed by atoms with E-state index in [1.54, 1.807) is 4.68 Å². The average Bonchev–Trinajstić information content (AvgIpc) is 2.54. The molecule has 1 heterocycles. The summed E-state index contributed by atoms with van der Waals surface area (Å²) in [6, 6.07) is 7.66. The van der Waals surface area contributed by atoms with Crippen LogP contribution in [-0.4, -0.2) is 14.9 Å². The molecule has 0 saturated carbocycles. The third-order valence-corrected chi connectivity index (χ3v) is 3.21. The summed E-state index contributed by atoms with van der Waals surface area (Å²) in [4.78, 5) is 0. The SMILES string of the molecule is Cc1nn(-c2cccc(Br)c2)c(Cl)c1CO. The van der Waals surface area contributed by atoms with E-state index in [4.69, 9.17) is 16.7 Å². The molecule has 0 fully saturated rings. The molecular weight excluding hydrogens is 291 g/mol. The van der Waals surface area contributed by atoms with Crippen LogP contribution in [0.3, 0.4) is 0 Å². The van der Waals surface area contributed by atoms with Gasteiger partial charge < -0.3 is 5.11 Å². The van der Waals surface area contributed by atoms with E-state index >= 15 is 0 Å². The summed E-state index contributed by atoms with van der Waals surface area (Å²) in [7, 11) is 0. The Morgan fingerprint density at radius 3 is 2.81 bits per heavy atom. The molecule has 5 heteroatoms. The van der Waals surface area contributed by atoms with Crippen molar-refractivity contribution in [2.75, 3.05) is 0 Å². The van der Waals surface area contributed by atoms with E-state index in [0.717, 1.165) is 15.9 Å². The van der Waals surface area contributed by atoms with E-state index in [9.17, 15) is 0 Å². The number of aliphatic hydroxyl groups is 1. The van der Waals surface area contributed by atoms with Crippen LogP contribution in [0.4, 0.5) is 0 Å². The molecule has 0 atom stereocenters. The zero-order valence-corrected chi connectivity index (χ0v) is 11.0. The first-order chi connectivity index (χ1) is 7.63. The molecule has 0 bridgehead atoms. The molecule has 0 spiro atoms. The Bertz CT molecular complexity index is 525. The number of hydrogen-bond acceptors (Lipinski definition) is 2. The van der Waals surface area contributed by atoms with E-state index in [-0.39, 0.29) is 6.61 Å². The molecule has 0 radical (unpaired) electrons. The molecule has 0 aliphatic rings. The van der Waals surface area contributed by atoms with Gasteiger partial charge in [0.15, 0.2) is 0 Å². The van der Waals surface area contributed by atoms with Crippen LogP contribution < -0.4 is 0 Å². The van der Waals surface area contributed by atoms with Gasteiger partial charge in [-0.2, -0.15) is 5.10 Å². The zero-order chi connectivity index (χ0) is 11.7. The van der Waals surface area contributed by atoms with Crippen molar-refractivity contribution in [1.29, 1.82) is 0 Å². The van der Waals surface area contributed by atoms with Gasteiger partial charge in [0.2, 0.25) is 0 Å². The number of halogens is 2. The van der Waals surface area contributed by atoms with Gasteiger partial charge in [0.1, 0.15) is 5.15 Å². The van der Waals surface area contributed by atoms with Crippen LogP contribution in [0, 0.1) is 6.92 Å². The highest BCUT2D eigenvalue weighted by atomic mass is 79.9. The van der Waals surface area contributed by atoms with Crippen LogP contribution in [0.15, 0.2) is 28.7 Å². The molecule has 1 aromatic heterocycles. The topological polar surface area (TPSA) is 38.0 Å². The third-order valence-electron chi connectivity index (χ3n) is 2.33. The molecular formula is C11H10BrClN2O. The van der Waals surface area contributed by atoms with Crippen molar-refractivity contribution in [3.8, 4) is 5.69 Å². The van der Waals surface area contributed by atoms with Gasteiger partial charge in [-0.1, -0.05) is 33.6 Å². The van der Waals surface area contributed by atoms with Gasteiger partial charge in [-0.05, 0) is 25.1 Å². The van der Waals surface area contributed by atoms with Crippen LogP contribution in [0.25, 0.3) is 5.69 Å². The zero-order valence-electron chi connectivity index (χ0n) is 8.61. The lowest BCUT2D eigenvalue weighted by Gasteiger charge is -2.03. The van der Waals surface area contributed by atoms with E-state index in [1.807, 2.05) is 31.2 Å². The lowest BCUT2D eigenvalue weighted by atomic mass is 10.3. The van der Waals surface area contributed by atoms with Gasteiger partial charge in [0.25, 0.3) is 0 Å². The van der Waals surface area contributed by atoms with Crippen molar-refractivity contribution < 1.29 is 5.11 Å². The van der Waals surface area contributed by atoms with E-state index in [2.05, 4.69) is 21.0 Å². The van der Waals surface area contributed by atoms with Gasteiger partial charge in [-0.15, -0.1) is 0 Å². The molecule has 16 heavy (non-hydrogen) atoms. The van der Waals surface area contributed by atoms with E-state index in [1.165, 1.54) is 0 Å². The maximum absolute atomic E-state index is 9.17. The molecule has 0 aliphatic heterocycles. The molecule has 1 aromatic carbocycles. The molecule has 1 N–H and O–H groups in total. The third kappa shape index (κ3) is 2.00. The Balaban J connectivity index is 2.56. The molecule has 0 saturated heterocycles. The summed E-state index contributed by atoms with van der Waals surface area (Å²) < 4.78 is 2.58. The average molecular weight is 302 g/mol. The molecule has 2 aromatic rings. The van der Waals surface area contributed by atoms with Crippen LogP contribution >= 0.6 is 27.5 Å². The van der Waals surface area contributed by atoms with Crippen LogP contribution in [0.5, 0.6) is 0 Å². The molecule has 84 valence electrons. The maximum Gasteiger partial charge on any atom is 0.138 e. The number of rotatable bonds is 2. The first-order valence-corrected chi connectivity index (χ1v) is 5.91. The standard InChI is InChI=1S/C11H10BrClN2O/c1-7-10(6-16)11(13)15(14-7)9-4-2-3-8(12)5-9/h2-5,16H,6H2,1H3. The maximum atomic E-state index is 9.17. The second-order valence-corrected chi connectivity index (χ2v) is 4.68. The van der Waals surface area contributed by atoms with Crippen molar-refractivity contribution in [3.63, 3.8) is 0 Å². The summed E-state index contributed by atoms with van der Waals surface area (Å²) in [6.07, 6.45) is 0. The smallest absolute Gasteiger partial charge is 0.138 e. The minimum atomic E-state index is -0.0985. The predicted molar refractivity (Wildman–Crippen MR) is 66.9 cm³/mol. The summed E-state index contributed by atoms with van der Waals surface area (Å²) in [5.41, 5.74) is 2.27. The first-order valence-electron chi connectivity index (χ1n) is 4.74. The van der Waals surface area contributed by atoms with Crippen molar-refractivity contribution in [1.82, 2.24) is 9.78 Å². The molecule has 0 aliphatic carbocycles. The van der Waals surface area contributed by atoms with Crippen molar-refractivity contribution in [2.45, 2.75) is 13.5 Å². The minimum absolute atomic E-state index is 0.0985. The number of aliphatic hydroxyl groups excluding tert-OH is 1. The van der Waals surface area contributed by atoms with Crippen molar-refractivity contribution >= 4 is 27.5 Å². The van der Waals surface area contributed by atoms with Gasteiger partial charge in [0.05, 0.1) is 18.0 Å². The second-order valence-electron chi connectivity index (χ2n) is 3.40. The summed E-state index contributed by atoms with van der Waals surface area (Å²) >= 11 is 9.53. The van der Waals surface area contributed by atoms with Crippen molar-refractivity contribution in [2.24, 2.45) is 0 Å². The van der Waals surface area contributed by atoms with E-state index < -0.39 is 0 Å². The highest BCUT2D eigenvalue weighted by Gasteiger charge is 2.13. The summed E-state index contributed by atoms with van der Waals surface area (Å²) in [6.45, 7) is 1.73. The number of aromatic nitrogens is 2. The Hall–Kier alpha value is -0.840. The fraction of sp³-hybridized carbons (Fsp3) is 0.182. The largest absolute Gasteiger partial charge is 0.391 e. The Morgan fingerprint density at radius 2 is 2.25 bits per heavy atom. The van der Waals surface area contributed by atoms with Gasteiger partial charge >= 0.3 is 0 Å². The van der Waals surface area contributed by atoms with Crippen LogP contribution in [0.2, 0.25) is 5.15 Å². The summed E-state index contributed by atoms with van der Waals surface area (Å²) in [5.74, 6) is 0. The molecule has 0 amide bonds. The van der Waals surface area contributed by atoms with Gasteiger partial charge in [-0.3, -0.25) is 0 Å². The fourth-order valence-electron chi connectivity index (χ4n) is 1.49. The highest BCUT2D eigenvalue weighted by Crippen LogP contribution is 2.24. The normalized spacial score (nSPS) is 10.8. The number of hydrogen-bond donors (Lipinski definition) is 1. The predicted octanol–water partition coefficient (Wildman–Crippen LogP) is 3.09. The second kappa shape index (κ2) is 4.57. The minimum Gasteiger partial charge on any atom is -0.391 e. The fourth-order valence-corrected chi connectivity index (χ4v) is 2.21. The Morgan fingerprint density at radius 1 is 1.50 bits per heavy atom. The number of benzene rings is 1. The van der Waals surface area contributed by atoms with E-state index in [0.29, 0.717) is 10.7 Å². The van der Waals surface area contributed by atoms with Crippen LogP contribution in [-0.2, 0) is 6.61 Å². The number of nitrogens with zero attached hydrogens (tertiary/aromatic N) is 2. The Kier molecular flexibility index (Phi) is 3.33. The quantitative estimate of drug-likeness (QED) is 0.925. The summed E-state index contributed by atoms with van der Waals surface area (Å²) in [5, 5.41) is 13.9. The Labute approximate surface area is 107 Å². The van der Waals surface area contributed by atoms with Crippen LogP contribution in [0.1, 0.15) is 11.3 Å². The lowest BCUT2D eigenvalue weighted by molar-refractivity contribution is 0.281. The highest BCUT2D eigenvalue weighted by molar-refractivity contribution is 9.10. The van der Waals surface area contributed by atoms with Gasteiger partial charge in [-0.25, -0.2) is 4.68 Å². The van der Waals surface area contributed by atoms with Gasteiger partial charge in [0, 0.05) is 10.0 Å².